The van der Waals surface area contributed by atoms with Crippen molar-refractivity contribution in [1.29, 1.82) is 5.26 Å². The van der Waals surface area contributed by atoms with Crippen molar-refractivity contribution in [3.05, 3.63) is 66.5 Å². The molecule has 0 radical (unpaired) electrons. The molecular weight excluding hydrogens is 364 g/mol. The van der Waals surface area contributed by atoms with E-state index in [1.54, 1.807) is 48.5 Å². The number of benzene rings is 2. The van der Waals surface area contributed by atoms with Gasteiger partial charge in [-0.1, -0.05) is 47.4 Å². The third kappa shape index (κ3) is 4.26. The van der Waals surface area contributed by atoms with E-state index in [0.717, 1.165) is 0 Å². The zero-order chi connectivity index (χ0) is 19.2. The number of nitrogens with two attached hydrogens (primary N) is 1. The molecular formula is C18H13N6O2S-. The zero-order valence-electron chi connectivity index (χ0n) is 13.9. The van der Waals surface area contributed by atoms with Crippen molar-refractivity contribution in [2.45, 2.75) is 4.90 Å². The lowest BCUT2D eigenvalue weighted by molar-refractivity contribution is 0.102. The van der Waals surface area contributed by atoms with Crippen LogP contribution < -0.4 is 11.1 Å². The third-order valence-corrected chi connectivity index (χ3v) is 4.45. The maximum Gasteiger partial charge on any atom is 0.278 e. The van der Waals surface area contributed by atoms with Crippen molar-refractivity contribution < 1.29 is 9.00 Å². The van der Waals surface area contributed by atoms with Crippen molar-refractivity contribution >= 4 is 28.0 Å². The number of hydrogen-bond donors (Lipinski definition) is 2. The summed E-state index contributed by atoms with van der Waals surface area (Å²) >= 11 is 0. The number of hydrogen-bond acceptors (Lipinski definition) is 8. The number of nitrogens with one attached hydrogen (secondary N) is 1. The number of nitrogen functional groups attached to an aromatic ring is 1. The maximum atomic E-state index is 12.5. The number of rotatable bonds is 4. The summed E-state index contributed by atoms with van der Waals surface area (Å²) in [6.07, 6.45) is 2.95. The fraction of sp³-hybridized carbons (Fsp3) is 0. The lowest BCUT2D eigenvalue weighted by atomic mass is 10.1. The average Bonchev–Trinajstić information content (AvgIpc) is 2.69. The first-order valence-electron chi connectivity index (χ1n) is 7.69. The van der Waals surface area contributed by atoms with Gasteiger partial charge in [0.25, 0.3) is 5.91 Å². The summed E-state index contributed by atoms with van der Waals surface area (Å²) < 4.78 is 14.9. The van der Waals surface area contributed by atoms with Gasteiger partial charge in [-0.05, 0) is 12.1 Å². The van der Waals surface area contributed by atoms with Crippen LogP contribution in [0.3, 0.4) is 0 Å². The van der Waals surface area contributed by atoms with E-state index in [-0.39, 0.29) is 11.5 Å². The minimum atomic E-state index is -1.74. The monoisotopic (exact) mass is 377 g/mol. The Balaban J connectivity index is 1.89. The molecule has 134 valence electrons. The Hall–Kier alpha value is -3.77. The molecule has 9 heteroatoms. The molecule has 0 saturated carbocycles. The van der Waals surface area contributed by atoms with Crippen LogP contribution in [0.15, 0.2) is 70.1 Å². The van der Waals surface area contributed by atoms with Gasteiger partial charge in [-0.25, -0.2) is 9.97 Å². The molecule has 0 spiro atoms. The molecule has 3 rings (SSSR count). The van der Waals surface area contributed by atoms with Gasteiger partial charge in [0.2, 0.25) is 0 Å². The summed E-state index contributed by atoms with van der Waals surface area (Å²) in [5.41, 5.74) is 7.49. The molecule has 1 amide bonds. The third-order valence-electron chi connectivity index (χ3n) is 3.52. The molecule has 0 aliphatic carbocycles. The number of para-hydroxylation sites is 1. The van der Waals surface area contributed by atoms with Crippen molar-refractivity contribution in [3.8, 4) is 17.5 Å². The molecule has 27 heavy (non-hydrogen) atoms. The van der Waals surface area contributed by atoms with Gasteiger partial charge in [0.1, 0.15) is 0 Å². The fourth-order valence-corrected chi connectivity index (χ4v) is 2.80. The van der Waals surface area contributed by atoms with Crippen LogP contribution in [0, 0.1) is 11.5 Å². The van der Waals surface area contributed by atoms with E-state index in [4.69, 9.17) is 11.0 Å². The minimum absolute atomic E-state index is 0.00323. The largest absolute Gasteiger partial charge is 0.439 e. The zero-order valence-corrected chi connectivity index (χ0v) is 14.7. The summed E-state index contributed by atoms with van der Waals surface area (Å²) in [7, 11) is -1.74. The van der Waals surface area contributed by atoms with Crippen LogP contribution in [0.25, 0.3) is 11.3 Å². The molecule has 0 bridgehead atoms. The second-order valence-electron chi connectivity index (χ2n) is 5.27. The van der Waals surface area contributed by atoms with Gasteiger partial charge in [-0.3, -0.25) is 9.16 Å². The number of carbonyl (C=O) groups is 1. The highest BCUT2D eigenvalue weighted by Crippen LogP contribution is 2.20. The van der Waals surface area contributed by atoms with E-state index in [1.165, 1.54) is 12.4 Å². The first-order valence-corrected chi connectivity index (χ1v) is 8.80. The number of anilines is 2. The van der Waals surface area contributed by atoms with Gasteiger partial charge in [-0.15, -0.1) is 10.6 Å². The molecule has 0 unspecified atom stereocenters. The first-order chi connectivity index (χ1) is 13.1. The van der Waals surface area contributed by atoms with Gasteiger partial charge in [-0.2, -0.15) is 5.26 Å². The summed E-state index contributed by atoms with van der Waals surface area (Å²) in [5, 5.41) is 11.2. The average molecular weight is 377 g/mol. The Labute approximate surface area is 156 Å². The standard InChI is InChI=1S/C18H13N6O2S/c19-11-22-27(26)14-8-6-12(7-9-14)15-10-21-17(20)16(24-15)18(25)23-13-4-2-1-3-5-13/h1-10H,(H2,20,21)(H,23,25)/q-1. The van der Waals surface area contributed by atoms with Crippen molar-refractivity contribution in [1.82, 2.24) is 9.97 Å². The molecule has 0 saturated heterocycles. The van der Waals surface area contributed by atoms with Gasteiger partial charge >= 0.3 is 0 Å². The molecule has 0 fully saturated rings. The topological polar surface area (TPSA) is 134 Å². The van der Waals surface area contributed by atoms with E-state index in [9.17, 15) is 9.00 Å². The Kier molecular flexibility index (Phi) is 5.39. The molecule has 8 nitrogen and oxygen atoms in total. The highest BCUT2D eigenvalue weighted by molar-refractivity contribution is 7.75. The molecule has 3 N–H and O–H groups in total. The van der Waals surface area contributed by atoms with Crippen LogP contribution in [-0.4, -0.2) is 15.9 Å². The predicted octanol–water partition coefficient (Wildman–Crippen LogP) is 2.97. The summed E-state index contributed by atoms with van der Waals surface area (Å²) in [5.74, 6) is -0.462. The van der Waals surface area contributed by atoms with Gasteiger partial charge in [0.05, 0.1) is 11.9 Å². The van der Waals surface area contributed by atoms with Crippen molar-refractivity contribution in [3.63, 3.8) is 0 Å². The SMILES string of the molecule is N#CN=[S-](=O)c1ccc(-c2cnc(N)c(C(=O)Nc3ccccc3)n2)cc1. The predicted molar refractivity (Wildman–Crippen MR) is 101 cm³/mol. The molecule has 0 atom stereocenters. The van der Waals surface area contributed by atoms with Crippen LogP contribution in [0.1, 0.15) is 10.5 Å². The second kappa shape index (κ2) is 8.07. The highest BCUT2D eigenvalue weighted by Gasteiger charge is 2.15. The fourth-order valence-electron chi connectivity index (χ4n) is 2.25. The number of amides is 1. The smallest absolute Gasteiger partial charge is 0.278 e. The lowest BCUT2D eigenvalue weighted by Gasteiger charge is -2.09. The van der Waals surface area contributed by atoms with Gasteiger partial charge in [0.15, 0.2) is 17.7 Å². The molecule has 0 aliphatic heterocycles. The molecule has 2 aromatic carbocycles. The van der Waals surface area contributed by atoms with Crippen molar-refractivity contribution in [2.24, 2.45) is 4.36 Å². The molecule has 1 heterocycles. The van der Waals surface area contributed by atoms with E-state index in [1.807, 2.05) is 6.07 Å². The Morgan fingerprint density at radius 3 is 2.52 bits per heavy atom. The Bertz CT molecular complexity index is 1100. The lowest BCUT2D eigenvalue weighted by Crippen LogP contribution is -2.17. The van der Waals surface area contributed by atoms with Crippen LogP contribution >= 0.6 is 0 Å². The van der Waals surface area contributed by atoms with Crippen LogP contribution in [0.5, 0.6) is 0 Å². The van der Waals surface area contributed by atoms with Gasteiger partial charge < -0.3 is 15.3 Å². The number of nitrogens with zero attached hydrogens (tertiary/aromatic N) is 4. The van der Waals surface area contributed by atoms with E-state index in [2.05, 4.69) is 19.6 Å². The number of nitriles is 1. The van der Waals surface area contributed by atoms with E-state index < -0.39 is 16.5 Å². The Morgan fingerprint density at radius 1 is 1.15 bits per heavy atom. The van der Waals surface area contributed by atoms with Crippen LogP contribution in [0.2, 0.25) is 0 Å². The number of aromatic nitrogens is 2. The van der Waals surface area contributed by atoms with E-state index in [0.29, 0.717) is 21.8 Å². The van der Waals surface area contributed by atoms with Crippen LogP contribution in [0.4, 0.5) is 11.5 Å². The summed E-state index contributed by atoms with van der Waals surface area (Å²) in [4.78, 5) is 21.2. The molecule has 3 aromatic rings. The van der Waals surface area contributed by atoms with Crippen LogP contribution in [-0.2, 0) is 14.8 Å². The highest BCUT2D eigenvalue weighted by atomic mass is 32.2. The normalized spacial score (nSPS) is 11.5. The first kappa shape index (κ1) is 18.0. The molecule has 1 aromatic heterocycles. The molecule has 0 aliphatic rings. The summed E-state index contributed by atoms with van der Waals surface area (Å²) in [6.45, 7) is 0. The van der Waals surface area contributed by atoms with Crippen molar-refractivity contribution in [2.75, 3.05) is 11.1 Å². The van der Waals surface area contributed by atoms with E-state index >= 15 is 0 Å². The summed E-state index contributed by atoms with van der Waals surface area (Å²) in [6, 6.07) is 15.4. The quantitative estimate of drug-likeness (QED) is 0.530. The number of carbonyl (C=O) groups excluding carboxylic acids is 1. The maximum absolute atomic E-state index is 12.5. The van der Waals surface area contributed by atoms with Gasteiger partial charge in [0, 0.05) is 11.3 Å². The Morgan fingerprint density at radius 2 is 1.85 bits per heavy atom. The minimum Gasteiger partial charge on any atom is -0.439 e. The second-order valence-corrected chi connectivity index (χ2v) is 6.43.